The Balaban J connectivity index is 1.56. The minimum atomic E-state index is -0.281. The molecule has 1 aliphatic rings. The van der Waals surface area contributed by atoms with Crippen molar-refractivity contribution in [3.05, 3.63) is 102 Å². The Labute approximate surface area is 165 Å². The maximum absolute atomic E-state index is 12.9. The smallest absolute Gasteiger partial charge is 0.244 e. The molecule has 0 aromatic heterocycles. The van der Waals surface area contributed by atoms with Crippen molar-refractivity contribution >= 4 is 17.3 Å². The maximum atomic E-state index is 12.9. The number of nitrogens with one attached hydrogen (secondary N) is 1. The molecule has 0 aliphatic heterocycles. The van der Waals surface area contributed by atoms with Gasteiger partial charge in [0.2, 0.25) is 5.91 Å². The van der Waals surface area contributed by atoms with Gasteiger partial charge in [-0.15, -0.1) is 0 Å². The molecule has 4 nitrogen and oxygen atoms in total. The van der Waals surface area contributed by atoms with Crippen LogP contribution in [0.1, 0.15) is 30.0 Å². The first kappa shape index (κ1) is 18.0. The molecule has 3 N–H and O–H groups in total. The van der Waals surface area contributed by atoms with Crippen LogP contribution in [0.3, 0.4) is 0 Å². The van der Waals surface area contributed by atoms with Crippen LogP contribution < -0.4 is 11.2 Å². The number of hydrazone groups is 1. The van der Waals surface area contributed by atoms with Crippen LogP contribution in [0, 0.1) is 5.92 Å². The molecule has 1 atom stereocenters. The third-order valence-electron chi connectivity index (χ3n) is 5.52. The Morgan fingerprint density at radius 2 is 1.46 bits per heavy atom. The predicted molar refractivity (Wildman–Crippen MR) is 113 cm³/mol. The summed E-state index contributed by atoms with van der Waals surface area (Å²) in [6.07, 6.45) is 0.781. The molecule has 0 bridgehead atoms. The SMILES string of the molecule is C/C(=N\NC(=O)[C@@H]1CC1(c1ccccc1)c1ccccc1)c1ccc(N)cc1. The second-order valence-corrected chi connectivity index (χ2v) is 7.26. The highest BCUT2D eigenvalue weighted by Crippen LogP contribution is 2.58. The molecular formula is C24H23N3O. The van der Waals surface area contributed by atoms with E-state index in [1.165, 1.54) is 11.1 Å². The molecule has 1 saturated carbocycles. The first-order chi connectivity index (χ1) is 13.6. The normalized spacial score (nSPS) is 17.8. The number of benzene rings is 3. The summed E-state index contributed by atoms with van der Waals surface area (Å²) < 4.78 is 0. The molecule has 3 aromatic carbocycles. The average Bonchev–Trinajstić information content (AvgIpc) is 3.51. The molecule has 4 rings (SSSR count). The summed E-state index contributed by atoms with van der Waals surface area (Å²) in [5.74, 6) is -0.192. The van der Waals surface area contributed by atoms with Gasteiger partial charge in [-0.25, -0.2) is 5.43 Å². The molecule has 0 saturated heterocycles. The molecule has 4 heteroatoms. The molecule has 0 radical (unpaired) electrons. The van der Waals surface area contributed by atoms with E-state index in [1.54, 1.807) is 0 Å². The average molecular weight is 369 g/mol. The van der Waals surface area contributed by atoms with E-state index in [1.807, 2.05) is 67.6 Å². The van der Waals surface area contributed by atoms with Gasteiger partial charge in [0.25, 0.3) is 0 Å². The lowest BCUT2D eigenvalue weighted by Gasteiger charge is -2.18. The molecule has 0 unspecified atom stereocenters. The highest BCUT2D eigenvalue weighted by atomic mass is 16.2. The number of nitrogen functional groups attached to an aromatic ring is 1. The summed E-state index contributed by atoms with van der Waals surface area (Å²) in [5, 5.41) is 4.31. The van der Waals surface area contributed by atoms with Crippen LogP contribution in [-0.2, 0) is 10.2 Å². The maximum Gasteiger partial charge on any atom is 0.244 e. The van der Waals surface area contributed by atoms with E-state index < -0.39 is 0 Å². The predicted octanol–water partition coefficient (Wildman–Crippen LogP) is 4.12. The van der Waals surface area contributed by atoms with Crippen molar-refractivity contribution in [1.29, 1.82) is 0 Å². The van der Waals surface area contributed by atoms with Crippen molar-refractivity contribution < 1.29 is 4.79 Å². The molecule has 140 valence electrons. The van der Waals surface area contributed by atoms with Crippen LogP contribution in [0.25, 0.3) is 0 Å². The van der Waals surface area contributed by atoms with Crippen molar-refractivity contribution in [1.82, 2.24) is 5.43 Å². The highest BCUT2D eigenvalue weighted by molar-refractivity contribution is 5.99. The van der Waals surface area contributed by atoms with Crippen LogP contribution in [-0.4, -0.2) is 11.6 Å². The first-order valence-electron chi connectivity index (χ1n) is 9.42. The third kappa shape index (κ3) is 3.29. The zero-order valence-electron chi connectivity index (χ0n) is 15.8. The van der Waals surface area contributed by atoms with Crippen LogP contribution in [0.2, 0.25) is 0 Å². The topological polar surface area (TPSA) is 67.5 Å². The summed E-state index contributed by atoms with van der Waals surface area (Å²) in [5.41, 5.74) is 12.9. The number of rotatable bonds is 5. The number of carbonyl (C=O) groups excluding carboxylic acids is 1. The highest BCUT2D eigenvalue weighted by Gasteiger charge is 2.60. The van der Waals surface area contributed by atoms with E-state index in [0.29, 0.717) is 5.69 Å². The Morgan fingerprint density at radius 1 is 0.929 bits per heavy atom. The Bertz CT molecular complexity index is 956. The number of hydrogen-bond donors (Lipinski definition) is 2. The number of amides is 1. The standard InChI is InChI=1S/C24H23N3O/c1-17(18-12-14-21(25)15-13-18)26-27-23(28)22-16-24(22,19-8-4-2-5-9-19)20-10-6-3-7-11-20/h2-15,22H,16,25H2,1H3,(H,27,28)/b26-17+/t22-/m0/s1. The summed E-state index contributed by atoms with van der Waals surface area (Å²) in [7, 11) is 0. The van der Waals surface area contributed by atoms with E-state index in [0.717, 1.165) is 17.7 Å². The molecule has 28 heavy (non-hydrogen) atoms. The van der Waals surface area contributed by atoms with Crippen LogP contribution in [0.4, 0.5) is 5.69 Å². The molecule has 3 aromatic rings. The van der Waals surface area contributed by atoms with Gasteiger partial charge in [0.1, 0.15) is 0 Å². The van der Waals surface area contributed by atoms with Crippen molar-refractivity contribution in [2.24, 2.45) is 11.0 Å². The van der Waals surface area contributed by atoms with Crippen LogP contribution in [0.5, 0.6) is 0 Å². The van der Waals surface area contributed by atoms with Crippen molar-refractivity contribution in [3.63, 3.8) is 0 Å². The van der Waals surface area contributed by atoms with Crippen molar-refractivity contribution in [2.45, 2.75) is 18.8 Å². The summed E-state index contributed by atoms with van der Waals surface area (Å²) in [4.78, 5) is 12.9. The van der Waals surface area contributed by atoms with Gasteiger partial charge in [-0.3, -0.25) is 4.79 Å². The van der Waals surface area contributed by atoms with Crippen LogP contribution >= 0.6 is 0 Å². The minimum absolute atomic E-state index is 0.0532. The molecule has 1 amide bonds. The van der Waals surface area contributed by atoms with E-state index in [2.05, 4.69) is 34.8 Å². The molecular weight excluding hydrogens is 346 g/mol. The fraction of sp³-hybridized carbons (Fsp3) is 0.167. The number of nitrogens with two attached hydrogens (primary N) is 1. The Kier molecular flexibility index (Phi) is 4.70. The molecule has 0 spiro atoms. The van der Waals surface area contributed by atoms with Gasteiger partial charge in [-0.05, 0) is 42.2 Å². The monoisotopic (exact) mass is 369 g/mol. The van der Waals surface area contributed by atoms with E-state index in [-0.39, 0.29) is 17.2 Å². The molecule has 0 heterocycles. The summed E-state index contributed by atoms with van der Waals surface area (Å²) >= 11 is 0. The van der Waals surface area contributed by atoms with Crippen molar-refractivity contribution in [2.75, 3.05) is 5.73 Å². The lowest BCUT2D eigenvalue weighted by molar-refractivity contribution is -0.122. The lowest BCUT2D eigenvalue weighted by Crippen LogP contribution is -2.26. The zero-order chi connectivity index (χ0) is 19.6. The number of anilines is 1. The summed E-state index contributed by atoms with van der Waals surface area (Å²) in [6, 6.07) is 27.9. The molecule has 1 aliphatic carbocycles. The first-order valence-corrected chi connectivity index (χ1v) is 9.42. The summed E-state index contributed by atoms with van der Waals surface area (Å²) in [6.45, 7) is 1.88. The Hall–Kier alpha value is -3.40. The fourth-order valence-electron chi connectivity index (χ4n) is 3.86. The van der Waals surface area contributed by atoms with Gasteiger partial charge in [0.05, 0.1) is 11.6 Å². The van der Waals surface area contributed by atoms with Gasteiger partial charge in [0.15, 0.2) is 0 Å². The second kappa shape index (κ2) is 7.31. The second-order valence-electron chi connectivity index (χ2n) is 7.26. The quantitative estimate of drug-likeness (QED) is 0.404. The zero-order valence-corrected chi connectivity index (χ0v) is 15.8. The van der Waals surface area contributed by atoms with E-state index in [9.17, 15) is 4.79 Å². The van der Waals surface area contributed by atoms with Gasteiger partial charge in [0, 0.05) is 11.1 Å². The van der Waals surface area contributed by atoms with Crippen LogP contribution in [0.15, 0.2) is 90.0 Å². The van der Waals surface area contributed by atoms with Gasteiger partial charge < -0.3 is 5.73 Å². The van der Waals surface area contributed by atoms with E-state index >= 15 is 0 Å². The third-order valence-corrected chi connectivity index (χ3v) is 5.52. The number of nitrogens with zero attached hydrogens (tertiary/aromatic N) is 1. The largest absolute Gasteiger partial charge is 0.399 e. The van der Waals surface area contributed by atoms with Gasteiger partial charge >= 0.3 is 0 Å². The number of hydrogen-bond acceptors (Lipinski definition) is 3. The van der Waals surface area contributed by atoms with Gasteiger partial charge in [-0.2, -0.15) is 5.10 Å². The number of carbonyl (C=O) groups is 1. The van der Waals surface area contributed by atoms with Crippen molar-refractivity contribution in [3.8, 4) is 0 Å². The molecule has 1 fully saturated rings. The fourth-order valence-corrected chi connectivity index (χ4v) is 3.86. The lowest BCUT2D eigenvalue weighted by atomic mass is 9.85. The Morgan fingerprint density at radius 3 is 2.00 bits per heavy atom. The van der Waals surface area contributed by atoms with E-state index in [4.69, 9.17) is 5.73 Å². The minimum Gasteiger partial charge on any atom is -0.399 e. The van der Waals surface area contributed by atoms with Gasteiger partial charge in [-0.1, -0.05) is 72.8 Å².